The minimum absolute atomic E-state index is 0.482. The number of thiocarbonyl (C=S) groups is 2. The summed E-state index contributed by atoms with van der Waals surface area (Å²) in [4.78, 5) is 11.8. The average Bonchev–Trinajstić information content (AvgIpc) is 2.52. The number of carboxylic acids is 1. The van der Waals surface area contributed by atoms with Crippen LogP contribution in [-0.4, -0.2) is 40.7 Å². The number of rotatable bonds is 10. The summed E-state index contributed by atoms with van der Waals surface area (Å²) >= 11 is 10.4. The van der Waals surface area contributed by atoms with Crippen LogP contribution in [0.4, 0.5) is 5.69 Å². The molecule has 1 atom stereocenters. The molecule has 0 aromatic heterocycles. The molecule has 0 fully saturated rings. The van der Waals surface area contributed by atoms with E-state index in [1.54, 1.807) is 7.05 Å². The molecule has 0 unspecified atom stereocenters. The zero-order chi connectivity index (χ0) is 17.9. The number of benzene rings is 1. The van der Waals surface area contributed by atoms with Crippen molar-refractivity contribution in [1.82, 2.24) is 10.6 Å². The molecule has 0 saturated heterocycles. The predicted octanol–water partition coefficient (Wildman–Crippen LogP) is 2.75. The number of aliphatic carboxylic acids is 1. The Labute approximate surface area is 154 Å². The standard InChI is InChI=1S/C17H25N3O2S2/c1-12(23)11-13-6-8-14(9-7-13)20-17(24)19-10-4-3-5-15(18-2)16(21)22/h6-9,15,18H,3-5,10-11H2,1-2H3,(H,21,22)(H2,19,20,24)/t15-/m0/s1. The number of unbranched alkanes of at least 4 members (excludes halogenated alkanes) is 1. The smallest absolute Gasteiger partial charge is 0.320 e. The maximum absolute atomic E-state index is 10.9. The molecule has 5 nitrogen and oxygen atoms in total. The van der Waals surface area contributed by atoms with E-state index in [-0.39, 0.29) is 0 Å². The largest absolute Gasteiger partial charge is 0.480 e. The van der Waals surface area contributed by atoms with E-state index in [2.05, 4.69) is 16.0 Å². The lowest BCUT2D eigenvalue weighted by molar-refractivity contribution is -0.139. The molecule has 7 heteroatoms. The first kappa shape index (κ1) is 20.5. The molecule has 0 aliphatic carbocycles. The highest BCUT2D eigenvalue weighted by molar-refractivity contribution is 7.80. The van der Waals surface area contributed by atoms with Crippen LogP contribution in [-0.2, 0) is 11.2 Å². The number of nitrogens with one attached hydrogen (secondary N) is 3. The zero-order valence-electron chi connectivity index (χ0n) is 14.1. The number of likely N-dealkylation sites (N-methyl/N-ethyl adjacent to an activating group) is 1. The Bertz CT molecular complexity index is 561. The van der Waals surface area contributed by atoms with Gasteiger partial charge < -0.3 is 21.1 Å². The van der Waals surface area contributed by atoms with Gasteiger partial charge in [-0.3, -0.25) is 4.79 Å². The molecular weight excluding hydrogens is 342 g/mol. The second kappa shape index (κ2) is 11.1. The van der Waals surface area contributed by atoms with Crippen LogP contribution in [0.2, 0.25) is 0 Å². The van der Waals surface area contributed by atoms with Gasteiger partial charge in [-0.2, -0.15) is 0 Å². The molecule has 0 aliphatic heterocycles. The van der Waals surface area contributed by atoms with Crippen molar-refractivity contribution in [3.05, 3.63) is 29.8 Å². The topological polar surface area (TPSA) is 73.4 Å². The summed E-state index contributed by atoms with van der Waals surface area (Å²) in [5, 5.41) is 18.5. The van der Waals surface area contributed by atoms with Crippen LogP contribution in [0.25, 0.3) is 0 Å². The van der Waals surface area contributed by atoms with Crippen molar-refractivity contribution in [1.29, 1.82) is 0 Å². The summed E-state index contributed by atoms with van der Waals surface area (Å²) in [5.41, 5.74) is 2.11. The van der Waals surface area contributed by atoms with Crippen molar-refractivity contribution < 1.29 is 9.90 Å². The second-order valence-electron chi connectivity index (χ2n) is 5.63. The normalized spacial score (nSPS) is 11.6. The predicted molar refractivity (Wildman–Crippen MR) is 107 cm³/mol. The number of carboxylic acid groups (broad SMARTS) is 1. The van der Waals surface area contributed by atoms with Gasteiger partial charge in [0.1, 0.15) is 6.04 Å². The monoisotopic (exact) mass is 367 g/mol. The fraction of sp³-hybridized carbons (Fsp3) is 0.471. The Morgan fingerprint density at radius 2 is 1.88 bits per heavy atom. The molecule has 0 aliphatic rings. The first-order valence-electron chi connectivity index (χ1n) is 7.95. The van der Waals surface area contributed by atoms with Crippen LogP contribution in [0.15, 0.2) is 24.3 Å². The quantitative estimate of drug-likeness (QED) is 0.374. The molecule has 1 aromatic carbocycles. The molecule has 1 rings (SSSR count). The average molecular weight is 368 g/mol. The molecule has 0 heterocycles. The van der Waals surface area contributed by atoms with Gasteiger partial charge in [0.15, 0.2) is 5.11 Å². The lowest BCUT2D eigenvalue weighted by atomic mass is 10.1. The van der Waals surface area contributed by atoms with Gasteiger partial charge >= 0.3 is 5.97 Å². The molecule has 0 amide bonds. The molecule has 24 heavy (non-hydrogen) atoms. The van der Waals surface area contributed by atoms with Crippen LogP contribution in [0.1, 0.15) is 31.7 Å². The van der Waals surface area contributed by atoms with Crippen molar-refractivity contribution in [3.63, 3.8) is 0 Å². The van der Waals surface area contributed by atoms with Crippen LogP contribution in [0.3, 0.4) is 0 Å². The van der Waals surface area contributed by atoms with E-state index in [9.17, 15) is 4.79 Å². The van der Waals surface area contributed by atoms with E-state index < -0.39 is 12.0 Å². The third kappa shape index (κ3) is 8.33. The molecule has 1 aromatic rings. The Morgan fingerprint density at radius 3 is 2.42 bits per heavy atom. The van der Waals surface area contributed by atoms with Crippen LogP contribution >= 0.6 is 24.4 Å². The molecule has 132 valence electrons. The maximum atomic E-state index is 10.9. The fourth-order valence-corrected chi connectivity index (χ4v) is 2.62. The lowest BCUT2D eigenvalue weighted by Crippen LogP contribution is -2.34. The van der Waals surface area contributed by atoms with Crippen LogP contribution < -0.4 is 16.0 Å². The Balaban J connectivity index is 2.24. The van der Waals surface area contributed by atoms with Crippen molar-refractivity contribution in [2.75, 3.05) is 18.9 Å². The summed E-state index contributed by atoms with van der Waals surface area (Å²) in [6, 6.07) is 7.54. The lowest BCUT2D eigenvalue weighted by Gasteiger charge is -2.12. The van der Waals surface area contributed by atoms with E-state index >= 15 is 0 Å². The number of anilines is 1. The van der Waals surface area contributed by atoms with Gasteiger partial charge in [-0.1, -0.05) is 24.4 Å². The molecular formula is C17H25N3O2S2. The van der Waals surface area contributed by atoms with E-state index in [0.29, 0.717) is 18.1 Å². The molecule has 0 radical (unpaired) electrons. The van der Waals surface area contributed by atoms with Gasteiger partial charge in [0.05, 0.1) is 0 Å². The summed E-state index contributed by atoms with van der Waals surface area (Å²) in [6.45, 7) is 2.65. The van der Waals surface area contributed by atoms with E-state index in [1.165, 1.54) is 5.56 Å². The van der Waals surface area contributed by atoms with E-state index in [0.717, 1.165) is 29.8 Å². The highest BCUT2D eigenvalue weighted by Crippen LogP contribution is 2.10. The first-order valence-corrected chi connectivity index (χ1v) is 8.77. The van der Waals surface area contributed by atoms with Gasteiger partial charge in [-0.05, 0) is 68.0 Å². The number of hydrogen-bond acceptors (Lipinski definition) is 4. The summed E-state index contributed by atoms with van der Waals surface area (Å²) in [7, 11) is 1.66. The Morgan fingerprint density at radius 1 is 1.21 bits per heavy atom. The summed E-state index contributed by atoms with van der Waals surface area (Å²) in [6.07, 6.45) is 3.09. The van der Waals surface area contributed by atoms with E-state index in [4.69, 9.17) is 29.5 Å². The molecule has 0 bridgehead atoms. The van der Waals surface area contributed by atoms with Crippen molar-refractivity contribution in [2.24, 2.45) is 0 Å². The van der Waals surface area contributed by atoms with E-state index in [1.807, 2.05) is 31.2 Å². The summed E-state index contributed by atoms with van der Waals surface area (Å²) in [5.74, 6) is -0.810. The van der Waals surface area contributed by atoms with Crippen LogP contribution in [0.5, 0.6) is 0 Å². The highest BCUT2D eigenvalue weighted by Gasteiger charge is 2.13. The van der Waals surface area contributed by atoms with Crippen LogP contribution in [0, 0.1) is 0 Å². The van der Waals surface area contributed by atoms with Gasteiger partial charge in [-0.25, -0.2) is 0 Å². The fourth-order valence-electron chi connectivity index (χ4n) is 2.24. The number of hydrogen-bond donors (Lipinski definition) is 4. The third-order valence-corrected chi connectivity index (χ3v) is 3.91. The zero-order valence-corrected chi connectivity index (χ0v) is 15.7. The minimum Gasteiger partial charge on any atom is -0.480 e. The maximum Gasteiger partial charge on any atom is 0.320 e. The van der Waals surface area contributed by atoms with Gasteiger partial charge in [0.25, 0.3) is 0 Å². The van der Waals surface area contributed by atoms with Gasteiger partial charge in [0, 0.05) is 18.7 Å². The van der Waals surface area contributed by atoms with Gasteiger partial charge in [0.2, 0.25) is 0 Å². The van der Waals surface area contributed by atoms with Crippen molar-refractivity contribution in [3.8, 4) is 0 Å². The molecule has 0 spiro atoms. The Kier molecular flexibility index (Phi) is 9.44. The summed E-state index contributed by atoms with van der Waals surface area (Å²) < 4.78 is 0. The van der Waals surface area contributed by atoms with Crippen molar-refractivity contribution >= 4 is 46.1 Å². The molecule has 0 saturated carbocycles. The minimum atomic E-state index is -0.810. The first-order chi connectivity index (χ1) is 11.4. The number of carbonyl (C=O) groups is 1. The molecule has 4 N–H and O–H groups in total. The Hall–Kier alpha value is -1.57. The highest BCUT2D eigenvalue weighted by atomic mass is 32.1. The van der Waals surface area contributed by atoms with Gasteiger partial charge in [-0.15, -0.1) is 0 Å². The SMILES string of the molecule is CN[C@@H](CCCCNC(=S)Nc1ccc(CC(C)=S)cc1)C(=O)O. The second-order valence-corrected chi connectivity index (χ2v) is 6.74. The van der Waals surface area contributed by atoms with Crippen molar-refractivity contribution in [2.45, 2.75) is 38.6 Å². The third-order valence-electron chi connectivity index (χ3n) is 3.52.